The fraction of sp³-hybridized carbons (Fsp3) is 0.308. The summed E-state index contributed by atoms with van der Waals surface area (Å²) in [5, 5.41) is 13.2. The zero-order valence-electron chi connectivity index (χ0n) is 9.73. The van der Waals surface area contributed by atoms with Gasteiger partial charge in [-0.25, -0.2) is 4.68 Å². The molecule has 0 spiro atoms. The summed E-state index contributed by atoms with van der Waals surface area (Å²) in [6.45, 7) is 2.28. The molecule has 0 aliphatic rings. The molecule has 3 nitrogen and oxygen atoms in total. The molecule has 90 valence electrons. The van der Waals surface area contributed by atoms with E-state index in [2.05, 4.69) is 28.0 Å². The summed E-state index contributed by atoms with van der Waals surface area (Å²) in [5.41, 5.74) is 3.38. The van der Waals surface area contributed by atoms with E-state index in [-0.39, 0.29) is 6.61 Å². The average Bonchev–Trinajstić information content (AvgIpc) is 2.68. The highest BCUT2D eigenvalue weighted by Gasteiger charge is 2.07. The van der Waals surface area contributed by atoms with Gasteiger partial charge in [-0.3, -0.25) is 0 Å². The zero-order valence-corrected chi connectivity index (χ0v) is 11.3. The molecule has 2 rings (SSSR count). The van der Waals surface area contributed by atoms with Gasteiger partial charge in [-0.1, -0.05) is 22.0 Å². The van der Waals surface area contributed by atoms with E-state index in [1.165, 1.54) is 5.56 Å². The van der Waals surface area contributed by atoms with Crippen LogP contribution in [0.1, 0.15) is 17.7 Å². The third-order valence-corrected chi connectivity index (χ3v) is 3.26. The summed E-state index contributed by atoms with van der Waals surface area (Å²) in [6.07, 6.45) is 3.53. The van der Waals surface area contributed by atoms with Crippen LogP contribution in [0.15, 0.2) is 34.9 Å². The molecule has 0 fully saturated rings. The third-order valence-electron chi connectivity index (χ3n) is 2.77. The van der Waals surface area contributed by atoms with Gasteiger partial charge >= 0.3 is 0 Å². The van der Waals surface area contributed by atoms with Gasteiger partial charge < -0.3 is 5.11 Å². The van der Waals surface area contributed by atoms with Gasteiger partial charge in [0.15, 0.2) is 0 Å². The summed E-state index contributed by atoms with van der Waals surface area (Å²) in [4.78, 5) is 0. The van der Waals surface area contributed by atoms with Crippen molar-refractivity contribution in [3.05, 3.63) is 46.2 Å². The minimum Gasteiger partial charge on any atom is -0.396 e. The molecule has 17 heavy (non-hydrogen) atoms. The molecule has 0 radical (unpaired) electrons. The number of halogens is 1. The van der Waals surface area contributed by atoms with Crippen molar-refractivity contribution in [2.24, 2.45) is 0 Å². The Balaban J connectivity index is 2.30. The van der Waals surface area contributed by atoms with Crippen LogP contribution in [0.5, 0.6) is 0 Å². The molecule has 0 atom stereocenters. The van der Waals surface area contributed by atoms with Crippen LogP contribution in [-0.2, 0) is 6.42 Å². The maximum absolute atomic E-state index is 8.85. The van der Waals surface area contributed by atoms with Crippen molar-refractivity contribution >= 4 is 15.9 Å². The molecule has 2 aromatic rings. The topological polar surface area (TPSA) is 38.1 Å². The summed E-state index contributed by atoms with van der Waals surface area (Å²) < 4.78 is 2.97. The smallest absolute Gasteiger partial charge is 0.0660 e. The van der Waals surface area contributed by atoms with Gasteiger partial charge in [-0.2, -0.15) is 5.10 Å². The second-order valence-corrected chi connectivity index (χ2v) is 4.89. The minimum absolute atomic E-state index is 0.224. The molecule has 0 saturated heterocycles. The molecule has 0 aliphatic heterocycles. The summed E-state index contributed by atoms with van der Waals surface area (Å²) >= 11 is 3.46. The Bertz CT molecular complexity index is 508. The molecule has 1 heterocycles. The lowest BCUT2D eigenvalue weighted by Crippen LogP contribution is -1.99. The van der Waals surface area contributed by atoms with E-state index in [9.17, 15) is 0 Å². The van der Waals surface area contributed by atoms with Gasteiger partial charge in [-0.05, 0) is 43.5 Å². The van der Waals surface area contributed by atoms with Crippen LogP contribution in [0.4, 0.5) is 0 Å². The SMILES string of the molecule is Cc1c(CCCO)cnn1-c1cccc(Br)c1. The quantitative estimate of drug-likeness (QED) is 0.942. The molecule has 0 bridgehead atoms. The van der Waals surface area contributed by atoms with Crippen molar-refractivity contribution in [3.8, 4) is 5.69 Å². The van der Waals surface area contributed by atoms with E-state index in [4.69, 9.17) is 5.11 Å². The molecule has 1 aromatic carbocycles. The molecule has 0 aliphatic carbocycles. The first-order chi connectivity index (χ1) is 8.22. The minimum atomic E-state index is 0.224. The second kappa shape index (κ2) is 5.47. The summed E-state index contributed by atoms with van der Waals surface area (Å²) in [5.74, 6) is 0. The van der Waals surface area contributed by atoms with Crippen LogP contribution in [0.3, 0.4) is 0 Å². The number of aromatic nitrogens is 2. The highest BCUT2D eigenvalue weighted by molar-refractivity contribution is 9.10. The zero-order chi connectivity index (χ0) is 12.3. The lowest BCUT2D eigenvalue weighted by atomic mass is 10.1. The van der Waals surface area contributed by atoms with Crippen LogP contribution in [0, 0.1) is 6.92 Å². The summed E-state index contributed by atoms with van der Waals surface area (Å²) in [7, 11) is 0. The largest absolute Gasteiger partial charge is 0.396 e. The molecular formula is C13H15BrN2O. The highest BCUT2D eigenvalue weighted by atomic mass is 79.9. The molecule has 1 aromatic heterocycles. The van der Waals surface area contributed by atoms with Gasteiger partial charge in [0.05, 0.1) is 11.9 Å². The Morgan fingerprint density at radius 1 is 1.41 bits per heavy atom. The average molecular weight is 295 g/mol. The summed E-state index contributed by atoms with van der Waals surface area (Å²) in [6, 6.07) is 8.05. The van der Waals surface area contributed by atoms with E-state index in [0.717, 1.165) is 28.7 Å². The number of nitrogens with zero attached hydrogens (tertiary/aromatic N) is 2. The van der Waals surface area contributed by atoms with Crippen LogP contribution in [0.2, 0.25) is 0 Å². The van der Waals surface area contributed by atoms with Gasteiger partial charge in [0.2, 0.25) is 0 Å². The number of hydrogen-bond donors (Lipinski definition) is 1. The maximum atomic E-state index is 8.85. The lowest BCUT2D eigenvalue weighted by Gasteiger charge is -2.05. The number of benzene rings is 1. The fourth-order valence-corrected chi connectivity index (χ4v) is 2.21. The fourth-order valence-electron chi connectivity index (χ4n) is 1.83. The van der Waals surface area contributed by atoms with Crippen molar-refractivity contribution < 1.29 is 5.11 Å². The Kier molecular flexibility index (Phi) is 3.97. The van der Waals surface area contributed by atoms with Crippen molar-refractivity contribution in [1.29, 1.82) is 0 Å². The van der Waals surface area contributed by atoms with Crippen molar-refractivity contribution in [2.75, 3.05) is 6.61 Å². The molecule has 0 unspecified atom stereocenters. The van der Waals surface area contributed by atoms with E-state index >= 15 is 0 Å². The first-order valence-corrected chi connectivity index (χ1v) is 6.42. The molecule has 0 amide bonds. The number of aryl methyl sites for hydroxylation is 1. The van der Waals surface area contributed by atoms with Crippen LogP contribution >= 0.6 is 15.9 Å². The predicted molar refractivity (Wildman–Crippen MR) is 71.4 cm³/mol. The molecule has 1 N–H and O–H groups in total. The van der Waals surface area contributed by atoms with E-state index in [1.807, 2.05) is 35.1 Å². The second-order valence-electron chi connectivity index (χ2n) is 3.97. The standard InChI is InChI=1S/C13H15BrN2O/c1-10-11(4-3-7-17)9-15-16(10)13-6-2-5-12(14)8-13/h2,5-6,8-9,17H,3-4,7H2,1H3. The normalized spacial score (nSPS) is 10.8. The third kappa shape index (κ3) is 2.76. The van der Waals surface area contributed by atoms with Gasteiger partial charge in [0.25, 0.3) is 0 Å². The molecule has 4 heteroatoms. The van der Waals surface area contributed by atoms with Crippen molar-refractivity contribution in [1.82, 2.24) is 9.78 Å². The highest BCUT2D eigenvalue weighted by Crippen LogP contribution is 2.18. The number of rotatable bonds is 4. The van der Waals surface area contributed by atoms with Crippen LogP contribution in [0.25, 0.3) is 5.69 Å². The van der Waals surface area contributed by atoms with Crippen LogP contribution in [-0.4, -0.2) is 21.5 Å². The lowest BCUT2D eigenvalue weighted by molar-refractivity contribution is 0.288. The first-order valence-electron chi connectivity index (χ1n) is 5.62. The Morgan fingerprint density at radius 2 is 2.24 bits per heavy atom. The number of hydrogen-bond acceptors (Lipinski definition) is 2. The Labute approximate surface area is 109 Å². The number of aliphatic hydroxyl groups is 1. The van der Waals surface area contributed by atoms with E-state index < -0.39 is 0 Å². The monoisotopic (exact) mass is 294 g/mol. The Hall–Kier alpha value is -1.13. The molecular weight excluding hydrogens is 280 g/mol. The van der Waals surface area contributed by atoms with Gasteiger partial charge in [0, 0.05) is 16.8 Å². The van der Waals surface area contributed by atoms with Gasteiger partial charge in [-0.15, -0.1) is 0 Å². The molecule has 0 saturated carbocycles. The van der Waals surface area contributed by atoms with Crippen LogP contribution < -0.4 is 0 Å². The maximum Gasteiger partial charge on any atom is 0.0660 e. The Morgan fingerprint density at radius 3 is 2.94 bits per heavy atom. The number of aliphatic hydroxyl groups excluding tert-OH is 1. The first kappa shape index (κ1) is 12.3. The predicted octanol–water partition coefficient (Wildman–Crippen LogP) is 2.87. The van der Waals surface area contributed by atoms with E-state index in [0.29, 0.717) is 0 Å². The van der Waals surface area contributed by atoms with Gasteiger partial charge in [0.1, 0.15) is 0 Å². The van der Waals surface area contributed by atoms with Crippen molar-refractivity contribution in [3.63, 3.8) is 0 Å². The van der Waals surface area contributed by atoms with E-state index in [1.54, 1.807) is 0 Å². The van der Waals surface area contributed by atoms with Crippen molar-refractivity contribution in [2.45, 2.75) is 19.8 Å².